The lowest BCUT2D eigenvalue weighted by Gasteiger charge is -2.12. The van der Waals surface area contributed by atoms with Crippen LogP contribution in [0.2, 0.25) is 0 Å². The number of ether oxygens (including phenoxy) is 2. The Morgan fingerprint density at radius 1 is 1.69 bits per heavy atom. The number of carbonyl (C=O) groups excluding carboxylic acids is 1. The van der Waals surface area contributed by atoms with Crippen LogP contribution in [0.1, 0.15) is 11.6 Å². The van der Waals surface area contributed by atoms with Crippen LogP contribution in [-0.2, 0) is 4.79 Å². The minimum atomic E-state index is -0.215. The van der Waals surface area contributed by atoms with Gasteiger partial charge < -0.3 is 14.8 Å². The largest absolute Gasteiger partial charge is 0.496 e. The van der Waals surface area contributed by atoms with Gasteiger partial charge in [-0.05, 0) is 18.2 Å². The van der Waals surface area contributed by atoms with Crippen LogP contribution in [0.5, 0.6) is 11.5 Å². The molecule has 84 valence electrons. The van der Waals surface area contributed by atoms with Crippen molar-refractivity contribution in [1.29, 1.82) is 0 Å². The molecule has 1 aliphatic rings. The van der Waals surface area contributed by atoms with E-state index in [1.165, 1.54) is 6.08 Å². The third-order valence-corrected chi connectivity index (χ3v) is 2.50. The van der Waals surface area contributed by atoms with Crippen LogP contribution in [0, 0.1) is 0 Å². The molecule has 0 bridgehead atoms. The minimum Gasteiger partial charge on any atom is -0.496 e. The van der Waals surface area contributed by atoms with Gasteiger partial charge in [0.25, 0.3) is 0 Å². The van der Waals surface area contributed by atoms with E-state index in [1.807, 2.05) is 18.2 Å². The molecular weight excluding hydrogens is 206 g/mol. The molecule has 1 aromatic carbocycles. The van der Waals surface area contributed by atoms with Gasteiger partial charge in [0.2, 0.25) is 5.91 Å². The standard InChI is InChI=1S/C12H13NO3/c1-3-11(14)13-8-7-16-10-6-4-5-9(15-2)12(8)10/h3-6,8H,1,7H2,2H3,(H,13,14). The molecule has 1 amide bonds. The molecule has 1 aliphatic heterocycles. The Morgan fingerprint density at radius 3 is 3.19 bits per heavy atom. The number of hydrogen-bond acceptors (Lipinski definition) is 3. The molecule has 1 aromatic rings. The van der Waals surface area contributed by atoms with E-state index in [0.29, 0.717) is 6.61 Å². The molecule has 1 heterocycles. The summed E-state index contributed by atoms with van der Waals surface area (Å²) in [5.74, 6) is 1.27. The van der Waals surface area contributed by atoms with E-state index >= 15 is 0 Å². The van der Waals surface area contributed by atoms with Gasteiger partial charge in [-0.1, -0.05) is 12.6 Å². The normalized spacial score (nSPS) is 17.2. The summed E-state index contributed by atoms with van der Waals surface area (Å²) in [5, 5.41) is 2.80. The Balaban J connectivity index is 2.30. The van der Waals surface area contributed by atoms with Gasteiger partial charge in [-0.15, -0.1) is 0 Å². The fourth-order valence-electron chi connectivity index (χ4n) is 1.77. The van der Waals surface area contributed by atoms with Crippen molar-refractivity contribution in [2.24, 2.45) is 0 Å². The van der Waals surface area contributed by atoms with Crippen LogP contribution in [0.15, 0.2) is 30.9 Å². The molecule has 4 nitrogen and oxygen atoms in total. The zero-order chi connectivity index (χ0) is 11.5. The maximum Gasteiger partial charge on any atom is 0.243 e. The number of nitrogens with one attached hydrogen (secondary N) is 1. The highest BCUT2D eigenvalue weighted by atomic mass is 16.5. The van der Waals surface area contributed by atoms with Crippen molar-refractivity contribution < 1.29 is 14.3 Å². The van der Waals surface area contributed by atoms with Gasteiger partial charge in [0.1, 0.15) is 18.1 Å². The van der Waals surface area contributed by atoms with Crippen LogP contribution >= 0.6 is 0 Å². The Labute approximate surface area is 93.9 Å². The highest BCUT2D eigenvalue weighted by Gasteiger charge is 2.28. The number of methoxy groups -OCH3 is 1. The van der Waals surface area contributed by atoms with E-state index in [4.69, 9.17) is 9.47 Å². The van der Waals surface area contributed by atoms with Gasteiger partial charge in [-0.3, -0.25) is 4.79 Å². The second-order valence-electron chi connectivity index (χ2n) is 3.45. The number of hydrogen-bond donors (Lipinski definition) is 1. The summed E-state index contributed by atoms with van der Waals surface area (Å²) in [6.07, 6.45) is 1.24. The number of benzene rings is 1. The highest BCUT2D eigenvalue weighted by Crippen LogP contribution is 2.38. The molecule has 0 aliphatic carbocycles. The van der Waals surface area contributed by atoms with Crippen molar-refractivity contribution in [1.82, 2.24) is 5.32 Å². The molecule has 16 heavy (non-hydrogen) atoms. The monoisotopic (exact) mass is 219 g/mol. The van der Waals surface area contributed by atoms with Gasteiger partial charge in [-0.25, -0.2) is 0 Å². The van der Waals surface area contributed by atoms with Crippen molar-refractivity contribution >= 4 is 5.91 Å². The Hall–Kier alpha value is -1.97. The quantitative estimate of drug-likeness (QED) is 0.782. The molecule has 1 N–H and O–H groups in total. The molecule has 4 heteroatoms. The summed E-state index contributed by atoms with van der Waals surface area (Å²) < 4.78 is 10.7. The summed E-state index contributed by atoms with van der Waals surface area (Å²) in [6.45, 7) is 3.84. The molecule has 1 atom stereocenters. The molecule has 0 saturated heterocycles. The topological polar surface area (TPSA) is 47.6 Å². The predicted molar refractivity (Wildman–Crippen MR) is 59.6 cm³/mol. The lowest BCUT2D eigenvalue weighted by molar-refractivity contribution is -0.117. The van der Waals surface area contributed by atoms with E-state index in [-0.39, 0.29) is 11.9 Å². The average molecular weight is 219 g/mol. The second kappa shape index (κ2) is 4.26. The van der Waals surface area contributed by atoms with Crippen LogP contribution in [-0.4, -0.2) is 19.6 Å². The second-order valence-corrected chi connectivity index (χ2v) is 3.45. The van der Waals surface area contributed by atoms with Gasteiger partial charge in [0.15, 0.2) is 0 Å². The number of amides is 1. The first-order valence-corrected chi connectivity index (χ1v) is 4.99. The van der Waals surface area contributed by atoms with Gasteiger partial charge in [0.05, 0.1) is 18.7 Å². The average Bonchev–Trinajstić information content (AvgIpc) is 2.72. The number of rotatable bonds is 3. The van der Waals surface area contributed by atoms with E-state index in [9.17, 15) is 4.79 Å². The van der Waals surface area contributed by atoms with Crippen LogP contribution < -0.4 is 14.8 Å². The molecule has 0 fully saturated rings. The highest BCUT2D eigenvalue weighted by molar-refractivity contribution is 5.87. The maximum absolute atomic E-state index is 11.3. The van der Waals surface area contributed by atoms with Gasteiger partial charge in [0, 0.05) is 0 Å². The first-order valence-electron chi connectivity index (χ1n) is 4.99. The van der Waals surface area contributed by atoms with E-state index in [0.717, 1.165) is 17.1 Å². The van der Waals surface area contributed by atoms with Crippen molar-refractivity contribution in [3.63, 3.8) is 0 Å². The van der Waals surface area contributed by atoms with Crippen molar-refractivity contribution in [2.75, 3.05) is 13.7 Å². The zero-order valence-corrected chi connectivity index (χ0v) is 9.03. The first kappa shape index (κ1) is 10.5. The first-order chi connectivity index (χ1) is 7.76. The zero-order valence-electron chi connectivity index (χ0n) is 9.03. The van der Waals surface area contributed by atoms with Gasteiger partial charge in [-0.2, -0.15) is 0 Å². The maximum atomic E-state index is 11.3. The van der Waals surface area contributed by atoms with E-state index in [1.54, 1.807) is 7.11 Å². The number of fused-ring (bicyclic) bond motifs is 1. The fourth-order valence-corrected chi connectivity index (χ4v) is 1.77. The molecule has 0 radical (unpaired) electrons. The molecule has 2 rings (SSSR count). The van der Waals surface area contributed by atoms with Crippen LogP contribution in [0.3, 0.4) is 0 Å². The summed E-state index contributed by atoms with van der Waals surface area (Å²) in [5.41, 5.74) is 0.889. The molecule has 0 saturated carbocycles. The lowest BCUT2D eigenvalue weighted by Crippen LogP contribution is -2.27. The molecular formula is C12H13NO3. The SMILES string of the molecule is C=CC(=O)NC1COc2cccc(OC)c21. The third kappa shape index (κ3) is 1.74. The van der Waals surface area contributed by atoms with Crippen molar-refractivity contribution in [3.05, 3.63) is 36.4 Å². The van der Waals surface area contributed by atoms with E-state index in [2.05, 4.69) is 11.9 Å². The number of carbonyl (C=O) groups is 1. The summed E-state index contributed by atoms with van der Waals surface area (Å²) in [4.78, 5) is 11.3. The summed E-state index contributed by atoms with van der Waals surface area (Å²) >= 11 is 0. The van der Waals surface area contributed by atoms with Crippen molar-refractivity contribution in [3.8, 4) is 11.5 Å². The Morgan fingerprint density at radius 2 is 2.50 bits per heavy atom. The third-order valence-electron chi connectivity index (χ3n) is 2.50. The summed E-state index contributed by atoms with van der Waals surface area (Å²) in [7, 11) is 1.60. The molecule has 0 spiro atoms. The van der Waals surface area contributed by atoms with Crippen LogP contribution in [0.25, 0.3) is 0 Å². The van der Waals surface area contributed by atoms with Crippen molar-refractivity contribution in [2.45, 2.75) is 6.04 Å². The lowest BCUT2D eigenvalue weighted by atomic mass is 10.1. The molecule has 1 unspecified atom stereocenters. The molecule has 0 aromatic heterocycles. The Kier molecular flexibility index (Phi) is 2.81. The Bertz CT molecular complexity index is 428. The fraction of sp³-hybridized carbons (Fsp3) is 0.250. The van der Waals surface area contributed by atoms with Gasteiger partial charge >= 0.3 is 0 Å². The smallest absolute Gasteiger partial charge is 0.243 e. The summed E-state index contributed by atoms with van der Waals surface area (Å²) in [6, 6.07) is 5.39. The van der Waals surface area contributed by atoms with E-state index < -0.39 is 0 Å². The van der Waals surface area contributed by atoms with Crippen LogP contribution in [0.4, 0.5) is 0 Å². The predicted octanol–water partition coefficient (Wildman–Crippen LogP) is 1.43. The minimum absolute atomic E-state index is 0.170.